The average Bonchev–Trinajstić information content (AvgIpc) is 3.38. The summed E-state index contributed by atoms with van der Waals surface area (Å²) in [6, 6.07) is 0. The molecule has 0 spiro atoms. The summed E-state index contributed by atoms with van der Waals surface area (Å²) in [6.45, 7) is 6.29. The van der Waals surface area contributed by atoms with Gasteiger partial charge in [0.25, 0.3) is 0 Å². The van der Waals surface area contributed by atoms with Crippen molar-refractivity contribution in [2.45, 2.75) is 239 Å². The highest BCUT2D eigenvalue weighted by molar-refractivity contribution is 5.71. The molecule has 6 heteroatoms. The molecular formula is C66H104O6. The molecule has 0 amide bonds. The van der Waals surface area contributed by atoms with Gasteiger partial charge in [0.2, 0.25) is 0 Å². The van der Waals surface area contributed by atoms with Crippen LogP contribution in [0.15, 0.2) is 146 Å². The molecule has 0 fully saturated rings. The number of hydrogen-bond acceptors (Lipinski definition) is 6. The van der Waals surface area contributed by atoms with Crippen LogP contribution in [0.25, 0.3) is 0 Å². The first kappa shape index (κ1) is 67.3. The van der Waals surface area contributed by atoms with Crippen LogP contribution < -0.4 is 0 Å². The van der Waals surface area contributed by atoms with Gasteiger partial charge in [-0.05, 0) is 122 Å². The lowest BCUT2D eigenvalue weighted by molar-refractivity contribution is -0.167. The Morgan fingerprint density at radius 2 is 0.542 bits per heavy atom. The lowest BCUT2D eigenvalue weighted by Gasteiger charge is -2.18. The molecule has 0 radical (unpaired) electrons. The molecule has 6 nitrogen and oxygen atoms in total. The standard InChI is InChI=1S/C66H104O6/c1-4-7-10-13-16-18-20-22-23-24-25-26-27-28-29-30-31-32-33-34-35-36-37-38-39-40-41-42-43-45-46-48-50-53-56-59-65(68)71-62-63(61-70-64(67)58-55-52-15-12-9-6-3)72-66(69)60-57-54-51-49-47-44-21-19-17-14-11-8-5-2/h7-8,10-11,16-19,22-23,25-26,28-29,31-32,34-35,37-38,40-41,44,47,63H,4-6,9,12-15,20-21,24,27,30,33,36,39,42-43,45-46,48-62H2,1-3H3/b10-7-,11-8-,18-16-,19-17-,23-22-,26-25-,29-28-,32-31-,35-34-,38-37-,41-40-,47-44-. The second-order valence-corrected chi connectivity index (χ2v) is 18.4. The van der Waals surface area contributed by atoms with Gasteiger partial charge in [-0.3, -0.25) is 14.4 Å². The Morgan fingerprint density at radius 3 is 0.861 bits per heavy atom. The van der Waals surface area contributed by atoms with Crippen LogP contribution in [0, 0.1) is 0 Å². The highest BCUT2D eigenvalue weighted by Crippen LogP contribution is 2.13. The van der Waals surface area contributed by atoms with Crippen molar-refractivity contribution in [1.29, 1.82) is 0 Å². The van der Waals surface area contributed by atoms with Crippen molar-refractivity contribution in [2.75, 3.05) is 13.2 Å². The molecule has 0 rings (SSSR count). The molecule has 0 heterocycles. The number of allylic oxidation sites excluding steroid dienone is 24. The minimum absolute atomic E-state index is 0.0974. The Morgan fingerprint density at radius 1 is 0.292 bits per heavy atom. The molecule has 0 saturated heterocycles. The Hall–Kier alpha value is -4.71. The number of carbonyl (C=O) groups excluding carboxylic acids is 3. The van der Waals surface area contributed by atoms with Gasteiger partial charge in [0.05, 0.1) is 0 Å². The van der Waals surface area contributed by atoms with E-state index >= 15 is 0 Å². The fraction of sp³-hybridized carbons (Fsp3) is 0.591. The van der Waals surface area contributed by atoms with E-state index in [9.17, 15) is 14.4 Å². The number of hydrogen-bond donors (Lipinski definition) is 0. The van der Waals surface area contributed by atoms with E-state index in [4.69, 9.17) is 14.2 Å². The van der Waals surface area contributed by atoms with Crippen LogP contribution in [0.5, 0.6) is 0 Å². The Kier molecular flexibility index (Phi) is 55.0. The van der Waals surface area contributed by atoms with Crippen molar-refractivity contribution in [3.8, 4) is 0 Å². The number of ether oxygens (including phenoxy) is 3. The van der Waals surface area contributed by atoms with Crippen LogP contribution in [0.4, 0.5) is 0 Å². The molecule has 72 heavy (non-hydrogen) atoms. The molecule has 0 aromatic heterocycles. The lowest BCUT2D eigenvalue weighted by Crippen LogP contribution is -2.30. The molecule has 0 aromatic carbocycles. The van der Waals surface area contributed by atoms with E-state index in [1.165, 1.54) is 44.9 Å². The third kappa shape index (κ3) is 56.2. The molecule has 0 aliphatic carbocycles. The zero-order chi connectivity index (χ0) is 52.2. The average molecular weight is 994 g/mol. The molecule has 0 aromatic rings. The maximum Gasteiger partial charge on any atom is 0.306 e. The summed E-state index contributed by atoms with van der Waals surface area (Å²) < 4.78 is 16.7. The molecule has 1 unspecified atom stereocenters. The monoisotopic (exact) mass is 993 g/mol. The Balaban J connectivity index is 4.12. The fourth-order valence-electron chi connectivity index (χ4n) is 7.33. The van der Waals surface area contributed by atoms with E-state index in [-0.39, 0.29) is 37.5 Å². The van der Waals surface area contributed by atoms with Gasteiger partial charge in [-0.15, -0.1) is 0 Å². The van der Waals surface area contributed by atoms with Crippen molar-refractivity contribution in [2.24, 2.45) is 0 Å². The second-order valence-electron chi connectivity index (χ2n) is 18.4. The van der Waals surface area contributed by atoms with Crippen LogP contribution in [-0.2, 0) is 28.6 Å². The van der Waals surface area contributed by atoms with Crippen molar-refractivity contribution in [3.05, 3.63) is 146 Å². The van der Waals surface area contributed by atoms with Gasteiger partial charge in [0, 0.05) is 19.3 Å². The van der Waals surface area contributed by atoms with E-state index in [0.29, 0.717) is 12.8 Å². The molecule has 404 valence electrons. The highest BCUT2D eigenvalue weighted by Gasteiger charge is 2.19. The molecular weight excluding hydrogens is 889 g/mol. The summed E-state index contributed by atoms with van der Waals surface area (Å²) in [7, 11) is 0. The van der Waals surface area contributed by atoms with Crippen LogP contribution in [0.3, 0.4) is 0 Å². The highest BCUT2D eigenvalue weighted by atomic mass is 16.6. The predicted molar refractivity (Wildman–Crippen MR) is 311 cm³/mol. The van der Waals surface area contributed by atoms with Gasteiger partial charge in [-0.25, -0.2) is 0 Å². The van der Waals surface area contributed by atoms with Gasteiger partial charge in [-0.2, -0.15) is 0 Å². The van der Waals surface area contributed by atoms with Crippen LogP contribution in [0.2, 0.25) is 0 Å². The minimum atomic E-state index is -0.798. The molecule has 0 bridgehead atoms. The topological polar surface area (TPSA) is 78.9 Å². The van der Waals surface area contributed by atoms with Crippen molar-refractivity contribution < 1.29 is 28.6 Å². The summed E-state index contributed by atoms with van der Waals surface area (Å²) in [6.07, 6.45) is 84.6. The fourth-order valence-corrected chi connectivity index (χ4v) is 7.33. The zero-order valence-electron chi connectivity index (χ0n) is 46.1. The van der Waals surface area contributed by atoms with E-state index in [2.05, 4.69) is 167 Å². The van der Waals surface area contributed by atoms with Gasteiger partial charge < -0.3 is 14.2 Å². The van der Waals surface area contributed by atoms with E-state index in [0.717, 1.165) is 148 Å². The third-order valence-electron chi connectivity index (χ3n) is 11.6. The van der Waals surface area contributed by atoms with Gasteiger partial charge in [0.15, 0.2) is 6.10 Å². The maximum absolute atomic E-state index is 12.7. The number of unbranched alkanes of at least 4 members (excludes halogenated alkanes) is 15. The lowest BCUT2D eigenvalue weighted by atomic mass is 10.1. The second kappa shape index (κ2) is 58.9. The largest absolute Gasteiger partial charge is 0.462 e. The molecule has 0 aliphatic heterocycles. The molecule has 0 N–H and O–H groups in total. The third-order valence-corrected chi connectivity index (χ3v) is 11.6. The predicted octanol–water partition coefficient (Wildman–Crippen LogP) is 19.6. The number of esters is 3. The smallest absolute Gasteiger partial charge is 0.306 e. The summed E-state index contributed by atoms with van der Waals surface area (Å²) in [5, 5.41) is 0. The first-order valence-electron chi connectivity index (χ1n) is 28.8. The van der Waals surface area contributed by atoms with Gasteiger partial charge in [-0.1, -0.05) is 237 Å². The first-order valence-corrected chi connectivity index (χ1v) is 28.8. The SMILES string of the molecule is CC/C=C\C/C=C\C/C=C\C/C=C\C/C=C\C/C=C\C/C=C\C/C=C\C/C=C\CCCCCCCCCC(=O)OCC(COC(=O)CCCCCCCC)OC(=O)CCCCC/C=C\C/C=C\C/C=C\CC. The van der Waals surface area contributed by atoms with Crippen molar-refractivity contribution in [3.63, 3.8) is 0 Å². The molecule has 0 saturated carbocycles. The van der Waals surface area contributed by atoms with E-state index in [1.807, 2.05) is 0 Å². The normalized spacial score (nSPS) is 13.2. The van der Waals surface area contributed by atoms with Crippen molar-refractivity contribution in [1.82, 2.24) is 0 Å². The van der Waals surface area contributed by atoms with Gasteiger partial charge >= 0.3 is 17.9 Å². The first-order chi connectivity index (χ1) is 35.5. The summed E-state index contributed by atoms with van der Waals surface area (Å²) in [4.78, 5) is 37.8. The summed E-state index contributed by atoms with van der Waals surface area (Å²) >= 11 is 0. The van der Waals surface area contributed by atoms with Crippen LogP contribution in [-0.4, -0.2) is 37.2 Å². The Labute approximate surface area is 442 Å². The van der Waals surface area contributed by atoms with Crippen molar-refractivity contribution >= 4 is 17.9 Å². The number of carbonyl (C=O) groups is 3. The zero-order valence-corrected chi connectivity index (χ0v) is 46.1. The van der Waals surface area contributed by atoms with Crippen LogP contribution in [0.1, 0.15) is 233 Å². The summed E-state index contributed by atoms with van der Waals surface area (Å²) in [5.74, 6) is -0.958. The van der Waals surface area contributed by atoms with E-state index in [1.54, 1.807) is 0 Å². The van der Waals surface area contributed by atoms with E-state index < -0.39 is 6.10 Å². The summed E-state index contributed by atoms with van der Waals surface area (Å²) in [5.41, 5.74) is 0. The Bertz CT molecular complexity index is 1610. The van der Waals surface area contributed by atoms with Gasteiger partial charge in [0.1, 0.15) is 13.2 Å². The number of rotatable bonds is 50. The maximum atomic E-state index is 12.7. The molecule has 0 aliphatic rings. The quantitative estimate of drug-likeness (QED) is 0.0261. The minimum Gasteiger partial charge on any atom is -0.462 e. The van der Waals surface area contributed by atoms with Crippen LogP contribution >= 0.6 is 0 Å². The molecule has 1 atom stereocenters.